The van der Waals surface area contributed by atoms with Crippen LogP contribution in [0.5, 0.6) is 5.75 Å². The molecule has 7 nitrogen and oxygen atoms in total. The van der Waals surface area contributed by atoms with Crippen LogP contribution in [0.15, 0.2) is 23.1 Å². The van der Waals surface area contributed by atoms with E-state index in [0.717, 1.165) is 24.6 Å². The third kappa shape index (κ3) is 3.72. The van der Waals surface area contributed by atoms with E-state index in [2.05, 4.69) is 4.72 Å². The molecule has 0 radical (unpaired) electrons. The lowest BCUT2D eigenvalue weighted by atomic mass is 10.1. The van der Waals surface area contributed by atoms with Crippen LogP contribution in [0.1, 0.15) is 29.6 Å². The van der Waals surface area contributed by atoms with Gasteiger partial charge in [0.05, 0.1) is 11.0 Å². The second-order valence-corrected chi connectivity index (χ2v) is 6.94. The summed E-state index contributed by atoms with van der Waals surface area (Å²) in [7, 11) is -3.84. The lowest BCUT2D eigenvalue weighted by Gasteiger charge is -2.12. The zero-order valence-electron chi connectivity index (χ0n) is 11.2. The zero-order chi connectivity index (χ0) is 15.6. The molecule has 4 N–H and O–H groups in total. The van der Waals surface area contributed by atoms with Crippen molar-refractivity contribution in [3.8, 4) is 5.75 Å². The Hall–Kier alpha value is -1.64. The number of nitrogens with one attached hydrogen (secondary N) is 1. The van der Waals surface area contributed by atoms with E-state index < -0.39 is 27.3 Å². The van der Waals surface area contributed by atoms with Gasteiger partial charge in [0.1, 0.15) is 11.3 Å². The van der Waals surface area contributed by atoms with E-state index in [9.17, 15) is 23.4 Å². The Morgan fingerprint density at radius 1 is 1.33 bits per heavy atom. The van der Waals surface area contributed by atoms with E-state index in [4.69, 9.17) is 5.11 Å². The van der Waals surface area contributed by atoms with Gasteiger partial charge in [-0.2, -0.15) is 0 Å². The highest BCUT2D eigenvalue weighted by Gasteiger charge is 2.25. The molecule has 2 unspecified atom stereocenters. The van der Waals surface area contributed by atoms with E-state index in [-0.39, 0.29) is 23.5 Å². The molecule has 0 heterocycles. The predicted molar refractivity (Wildman–Crippen MR) is 73.6 cm³/mol. The van der Waals surface area contributed by atoms with Gasteiger partial charge in [-0.15, -0.1) is 0 Å². The maximum Gasteiger partial charge on any atom is 0.339 e. The van der Waals surface area contributed by atoms with E-state index in [1.165, 1.54) is 0 Å². The summed E-state index contributed by atoms with van der Waals surface area (Å²) in [6.07, 6.45) is 1.58. The Labute approximate surface area is 122 Å². The molecule has 0 aliphatic heterocycles. The highest BCUT2D eigenvalue weighted by Crippen LogP contribution is 2.25. The molecule has 21 heavy (non-hydrogen) atoms. The van der Waals surface area contributed by atoms with Crippen molar-refractivity contribution in [2.45, 2.75) is 30.3 Å². The average molecular weight is 315 g/mol. The number of aromatic carboxylic acids is 1. The van der Waals surface area contributed by atoms with Gasteiger partial charge in [-0.3, -0.25) is 0 Å². The largest absolute Gasteiger partial charge is 0.507 e. The molecule has 1 aromatic carbocycles. The van der Waals surface area contributed by atoms with Gasteiger partial charge in [0, 0.05) is 6.54 Å². The number of sulfonamides is 1. The van der Waals surface area contributed by atoms with Gasteiger partial charge in [0.2, 0.25) is 10.0 Å². The molecule has 116 valence electrons. The second-order valence-electron chi connectivity index (χ2n) is 5.17. The fraction of sp³-hybridized carbons (Fsp3) is 0.462. The summed E-state index contributed by atoms with van der Waals surface area (Å²) in [5.74, 6) is -1.81. The molecule has 1 aliphatic carbocycles. The Morgan fingerprint density at radius 3 is 2.62 bits per heavy atom. The Bertz CT molecular complexity index is 642. The summed E-state index contributed by atoms with van der Waals surface area (Å²) >= 11 is 0. The van der Waals surface area contributed by atoms with Crippen molar-refractivity contribution in [1.82, 2.24) is 4.72 Å². The number of benzene rings is 1. The van der Waals surface area contributed by atoms with Crippen molar-refractivity contribution in [2.24, 2.45) is 5.92 Å². The van der Waals surface area contributed by atoms with Crippen molar-refractivity contribution in [2.75, 3.05) is 6.54 Å². The second kappa shape index (κ2) is 6.00. The van der Waals surface area contributed by atoms with Gasteiger partial charge >= 0.3 is 5.97 Å². The number of hydrogen-bond donors (Lipinski definition) is 4. The summed E-state index contributed by atoms with van der Waals surface area (Å²) in [4.78, 5) is 10.7. The minimum atomic E-state index is -3.84. The van der Waals surface area contributed by atoms with Gasteiger partial charge in [0.15, 0.2) is 0 Å². The highest BCUT2D eigenvalue weighted by molar-refractivity contribution is 7.89. The van der Waals surface area contributed by atoms with E-state index in [1.807, 2.05) is 0 Å². The van der Waals surface area contributed by atoms with Crippen LogP contribution in [0.25, 0.3) is 0 Å². The number of phenols is 1. The first kappa shape index (κ1) is 15.7. The zero-order valence-corrected chi connectivity index (χ0v) is 12.0. The molecular formula is C13H17NO6S. The van der Waals surface area contributed by atoms with Crippen LogP contribution in [0, 0.1) is 5.92 Å². The molecule has 0 spiro atoms. The molecular weight excluding hydrogens is 298 g/mol. The molecule has 1 saturated carbocycles. The van der Waals surface area contributed by atoms with E-state index in [0.29, 0.717) is 12.8 Å². The number of rotatable bonds is 5. The minimum Gasteiger partial charge on any atom is -0.507 e. The van der Waals surface area contributed by atoms with Gasteiger partial charge < -0.3 is 15.3 Å². The smallest absolute Gasteiger partial charge is 0.339 e. The molecule has 0 bridgehead atoms. The number of carboxylic acid groups (broad SMARTS) is 1. The first-order valence-electron chi connectivity index (χ1n) is 6.53. The molecule has 1 fully saturated rings. The average Bonchev–Trinajstić information content (AvgIpc) is 2.82. The maximum absolute atomic E-state index is 12.1. The van der Waals surface area contributed by atoms with Crippen LogP contribution >= 0.6 is 0 Å². The van der Waals surface area contributed by atoms with E-state index >= 15 is 0 Å². The number of aliphatic hydroxyl groups is 1. The first-order chi connectivity index (χ1) is 9.79. The van der Waals surface area contributed by atoms with Crippen molar-refractivity contribution < 1.29 is 28.5 Å². The van der Waals surface area contributed by atoms with Crippen LogP contribution < -0.4 is 4.72 Å². The van der Waals surface area contributed by atoms with Crippen LogP contribution in [0.2, 0.25) is 0 Å². The lowest BCUT2D eigenvalue weighted by Crippen LogP contribution is -2.29. The molecule has 8 heteroatoms. The summed E-state index contributed by atoms with van der Waals surface area (Å²) in [6.45, 7) is 0.197. The quantitative estimate of drug-likeness (QED) is 0.628. The van der Waals surface area contributed by atoms with Crippen molar-refractivity contribution in [3.63, 3.8) is 0 Å². The normalized spacial score (nSPS) is 22.3. The minimum absolute atomic E-state index is 0.0748. The number of carbonyl (C=O) groups is 1. The molecule has 0 saturated heterocycles. The fourth-order valence-corrected chi connectivity index (χ4v) is 3.54. The number of aliphatic hydroxyl groups excluding tert-OH is 1. The third-order valence-electron chi connectivity index (χ3n) is 3.58. The van der Waals surface area contributed by atoms with Crippen molar-refractivity contribution in [3.05, 3.63) is 23.8 Å². The molecule has 2 atom stereocenters. The van der Waals surface area contributed by atoms with E-state index in [1.54, 1.807) is 0 Å². The van der Waals surface area contributed by atoms with Crippen LogP contribution in [0.4, 0.5) is 0 Å². The Balaban J connectivity index is 2.12. The van der Waals surface area contributed by atoms with Crippen LogP contribution in [-0.2, 0) is 10.0 Å². The van der Waals surface area contributed by atoms with Crippen LogP contribution in [0.3, 0.4) is 0 Å². The summed E-state index contributed by atoms with van der Waals surface area (Å²) in [5.41, 5.74) is -0.464. The number of carboxylic acids is 1. The molecule has 2 rings (SSSR count). The van der Waals surface area contributed by atoms with Crippen molar-refractivity contribution in [1.29, 1.82) is 0 Å². The summed E-state index contributed by atoms with van der Waals surface area (Å²) < 4.78 is 26.6. The van der Waals surface area contributed by atoms with Gasteiger partial charge in [-0.05, 0) is 43.4 Å². The molecule has 0 aromatic heterocycles. The predicted octanol–water partition coefficient (Wildman–Crippen LogP) is 0.530. The fourth-order valence-electron chi connectivity index (χ4n) is 2.40. The third-order valence-corrected chi connectivity index (χ3v) is 5.01. The number of hydrogen-bond acceptors (Lipinski definition) is 5. The highest BCUT2D eigenvalue weighted by atomic mass is 32.2. The molecule has 0 amide bonds. The lowest BCUT2D eigenvalue weighted by molar-refractivity contribution is 0.0693. The first-order valence-corrected chi connectivity index (χ1v) is 8.02. The standard InChI is InChI=1S/C13H17NO6S/c15-9-2-1-8(5-9)7-14-21(19,20)10-3-4-12(16)11(6-10)13(17)18/h3-4,6,8-9,14-16H,1-2,5,7H2,(H,17,18). The summed E-state index contributed by atoms with van der Waals surface area (Å²) in [6, 6.07) is 3.11. The van der Waals surface area contributed by atoms with Crippen LogP contribution in [-0.4, -0.2) is 42.4 Å². The molecule has 1 aliphatic rings. The van der Waals surface area contributed by atoms with Gasteiger partial charge in [0.25, 0.3) is 0 Å². The van der Waals surface area contributed by atoms with Gasteiger partial charge in [-0.25, -0.2) is 17.9 Å². The molecule has 1 aromatic rings. The monoisotopic (exact) mass is 315 g/mol. The number of aromatic hydroxyl groups is 1. The SMILES string of the molecule is O=C(O)c1cc(S(=O)(=O)NCC2CCC(O)C2)ccc1O. The summed E-state index contributed by atoms with van der Waals surface area (Å²) in [5, 5.41) is 27.7. The van der Waals surface area contributed by atoms with Gasteiger partial charge in [-0.1, -0.05) is 0 Å². The van der Waals surface area contributed by atoms with Crippen molar-refractivity contribution >= 4 is 16.0 Å². The maximum atomic E-state index is 12.1. The Kier molecular flexibility index (Phi) is 4.50. The Morgan fingerprint density at radius 2 is 2.05 bits per heavy atom. The topological polar surface area (TPSA) is 124 Å².